The van der Waals surface area contributed by atoms with Crippen molar-refractivity contribution in [1.82, 2.24) is 21.3 Å². The van der Waals surface area contributed by atoms with Gasteiger partial charge in [-0.15, -0.1) is 0 Å². The predicted octanol–water partition coefficient (Wildman–Crippen LogP) is 3.05. The monoisotopic (exact) mass is 679 g/mol. The molecule has 0 heterocycles. The number of hydrogen-bond donors (Lipinski definition) is 6. The average Bonchev–Trinajstić information content (AvgIpc) is 2.77. The van der Waals surface area contributed by atoms with E-state index < -0.39 is 114 Å². The number of nitrogens with two attached hydrogens (primary N) is 1. The van der Waals surface area contributed by atoms with E-state index in [1.807, 2.05) is 5.32 Å². The molecule has 0 saturated heterocycles. The van der Waals surface area contributed by atoms with E-state index in [1.54, 1.807) is 41.5 Å². The lowest BCUT2D eigenvalue weighted by atomic mass is 9.72. The lowest BCUT2D eigenvalue weighted by Crippen LogP contribution is -2.69. The Bertz CT molecular complexity index is 1160. The van der Waals surface area contributed by atoms with Gasteiger partial charge in [-0.05, 0) is 41.5 Å². The van der Waals surface area contributed by atoms with E-state index in [2.05, 4.69) is 16.0 Å². The molecule has 0 aromatic rings. The summed E-state index contributed by atoms with van der Waals surface area (Å²) in [6.45, 7) is 9.72. The second-order valence-electron chi connectivity index (χ2n) is 13.7. The number of carbonyl (C=O) groups is 5. The van der Waals surface area contributed by atoms with Crippen molar-refractivity contribution in [2.75, 3.05) is 14.1 Å². The highest BCUT2D eigenvalue weighted by Crippen LogP contribution is 2.47. The summed E-state index contributed by atoms with van der Waals surface area (Å²) in [6.07, 6.45) is -6.20. The number of amides is 4. The van der Waals surface area contributed by atoms with Crippen LogP contribution in [0.3, 0.4) is 0 Å². The number of carboxylic acid groups (broad SMARTS) is 1. The third-order valence-corrected chi connectivity index (χ3v) is 6.62. The molecule has 0 unspecified atom stereocenters. The molecule has 0 radical (unpaired) electrons. The zero-order valence-corrected chi connectivity index (χ0v) is 26.9. The molecule has 7 N–H and O–H groups in total. The number of carboxylic acids is 1. The van der Waals surface area contributed by atoms with Crippen molar-refractivity contribution in [1.29, 1.82) is 0 Å². The van der Waals surface area contributed by atoms with Crippen LogP contribution in [0.15, 0.2) is 0 Å². The molecule has 0 aromatic heterocycles. The Hall–Kier alpha value is -3.51. The van der Waals surface area contributed by atoms with Gasteiger partial charge in [-0.1, -0.05) is 0 Å². The summed E-state index contributed by atoms with van der Waals surface area (Å²) in [6, 6.07) is 0. The topological polar surface area (TPSA) is 198 Å². The van der Waals surface area contributed by atoms with Gasteiger partial charge in [0.15, 0.2) is 5.54 Å². The molecular weight excluding hydrogens is 636 g/mol. The fraction of sp³-hybridized carbons (Fsp3) is 0.815. The molecule has 0 spiro atoms. The summed E-state index contributed by atoms with van der Waals surface area (Å²) in [5.41, 5.74) is -1.03. The third-order valence-electron chi connectivity index (χ3n) is 6.62. The molecule has 3 saturated carbocycles. The summed E-state index contributed by atoms with van der Waals surface area (Å²) < 4.78 is 85.7. The number of alkyl halides is 6. The Labute approximate surface area is 262 Å². The standard InChI is InChI=1S/C11H18F2N2O3.C10H15F2NO4.C6H10F2N2O/c1-9(2,3)18-8(17)15-10(7(16)14-4)5-11(12,13)6-10;1-8(2,3)17-7(16)13-9(6(14)15)4-10(11,12)5-9;1-10-4(11)5(9)2-6(7,8)3-5/h5-6H2,1-4H3,(H,14,16)(H,15,17);4-5H2,1-3H3,(H,13,16)(H,14,15);2-3,9H2,1H3,(H,10,11). The fourth-order valence-corrected chi connectivity index (χ4v) is 4.78. The SMILES string of the molecule is CC(C)(C)OC(=O)NC1(C(=O)O)CC(F)(F)C1.CNC(=O)C1(N)CC(F)(F)C1.CNC(=O)C1(NC(=O)OC(C)(C)C)CC(F)(F)C1. The zero-order valence-electron chi connectivity index (χ0n) is 26.9. The van der Waals surface area contributed by atoms with Crippen LogP contribution >= 0.6 is 0 Å². The molecule has 266 valence electrons. The number of hydrogen-bond acceptors (Lipinski definition) is 8. The van der Waals surface area contributed by atoms with E-state index in [0.717, 1.165) is 0 Å². The van der Waals surface area contributed by atoms with Crippen LogP contribution in [-0.2, 0) is 23.9 Å². The van der Waals surface area contributed by atoms with E-state index in [0.29, 0.717) is 0 Å². The van der Waals surface area contributed by atoms with E-state index in [4.69, 9.17) is 20.3 Å². The van der Waals surface area contributed by atoms with Crippen molar-refractivity contribution in [2.24, 2.45) is 5.73 Å². The summed E-state index contributed by atoms with van der Waals surface area (Å²) in [4.78, 5) is 56.2. The molecule has 3 aliphatic rings. The first-order chi connectivity index (χ1) is 20.4. The highest BCUT2D eigenvalue weighted by Gasteiger charge is 2.63. The number of halogens is 6. The van der Waals surface area contributed by atoms with E-state index >= 15 is 0 Å². The minimum atomic E-state index is -3.05. The molecule has 3 rings (SSSR count). The zero-order chi connectivity index (χ0) is 36.4. The Morgan fingerprint density at radius 3 is 1.17 bits per heavy atom. The van der Waals surface area contributed by atoms with Crippen LogP contribution in [0.2, 0.25) is 0 Å². The number of nitrogens with one attached hydrogen (secondary N) is 4. The van der Waals surface area contributed by atoms with Gasteiger partial charge in [0, 0.05) is 52.6 Å². The van der Waals surface area contributed by atoms with Gasteiger partial charge in [-0.3, -0.25) is 9.59 Å². The lowest BCUT2D eigenvalue weighted by Gasteiger charge is -2.45. The van der Waals surface area contributed by atoms with Crippen LogP contribution < -0.4 is 27.0 Å². The first-order valence-electron chi connectivity index (χ1n) is 14.0. The predicted molar refractivity (Wildman–Crippen MR) is 149 cm³/mol. The Morgan fingerprint density at radius 2 is 0.913 bits per heavy atom. The van der Waals surface area contributed by atoms with Crippen molar-refractivity contribution in [3.8, 4) is 0 Å². The van der Waals surface area contributed by atoms with Gasteiger partial charge in [0.25, 0.3) is 17.8 Å². The van der Waals surface area contributed by atoms with Crippen molar-refractivity contribution in [3.05, 3.63) is 0 Å². The van der Waals surface area contributed by atoms with Crippen molar-refractivity contribution in [2.45, 2.75) is 126 Å². The number of aliphatic carboxylic acids is 1. The highest BCUT2D eigenvalue weighted by atomic mass is 19.3. The summed E-state index contributed by atoms with van der Waals surface area (Å²) in [7, 11) is 2.71. The summed E-state index contributed by atoms with van der Waals surface area (Å²) in [5, 5.41) is 17.6. The van der Waals surface area contributed by atoms with Crippen molar-refractivity contribution >= 4 is 30.0 Å². The van der Waals surface area contributed by atoms with Gasteiger partial charge in [0.05, 0.1) is 0 Å². The number of ether oxygens (including phenoxy) is 2. The van der Waals surface area contributed by atoms with Crippen LogP contribution in [0.1, 0.15) is 80.1 Å². The number of carbonyl (C=O) groups excluding carboxylic acids is 4. The fourth-order valence-electron chi connectivity index (χ4n) is 4.78. The lowest BCUT2D eigenvalue weighted by molar-refractivity contribution is -0.176. The largest absolute Gasteiger partial charge is 0.479 e. The molecule has 0 aliphatic heterocycles. The average molecular weight is 680 g/mol. The van der Waals surface area contributed by atoms with Gasteiger partial charge in [-0.25, -0.2) is 40.7 Å². The van der Waals surface area contributed by atoms with Gasteiger partial charge in [0.2, 0.25) is 11.8 Å². The molecule has 13 nitrogen and oxygen atoms in total. The minimum Gasteiger partial charge on any atom is -0.479 e. The second kappa shape index (κ2) is 13.3. The maximum atomic E-state index is 12.9. The van der Waals surface area contributed by atoms with Crippen LogP contribution in [0.25, 0.3) is 0 Å². The molecule has 46 heavy (non-hydrogen) atoms. The highest BCUT2D eigenvalue weighted by molar-refractivity contribution is 5.91. The van der Waals surface area contributed by atoms with Gasteiger partial charge < -0.3 is 41.6 Å². The first-order valence-corrected chi connectivity index (χ1v) is 14.0. The molecule has 0 aromatic carbocycles. The van der Waals surface area contributed by atoms with Gasteiger partial charge in [-0.2, -0.15) is 0 Å². The molecule has 3 fully saturated rings. The molecule has 0 bridgehead atoms. The number of rotatable bonds is 5. The van der Waals surface area contributed by atoms with Gasteiger partial charge >= 0.3 is 18.2 Å². The van der Waals surface area contributed by atoms with Gasteiger partial charge in [0.1, 0.15) is 22.3 Å². The minimum absolute atomic E-state index is 0.511. The third kappa shape index (κ3) is 11.4. The molecule has 19 heteroatoms. The van der Waals surface area contributed by atoms with Crippen LogP contribution in [-0.4, -0.2) is 94.8 Å². The maximum Gasteiger partial charge on any atom is 0.408 e. The number of likely N-dealkylation sites (N-methyl/N-ethyl adjacent to an activating group) is 2. The molecular formula is C27H43F6N5O8. The Kier molecular flexibility index (Phi) is 11.7. The smallest absolute Gasteiger partial charge is 0.408 e. The van der Waals surface area contributed by atoms with Crippen molar-refractivity contribution < 1.29 is 64.9 Å². The number of alkyl carbamates (subject to hydrolysis) is 2. The Balaban J connectivity index is 0.000000355. The first kappa shape index (κ1) is 40.5. The van der Waals surface area contributed by atoms with E-state index in [1.165, 1.54) is 14.1 Å². The van der Waals surface area contributed by atoms with E-state index in [9.17, 15) is 50.3 Å². The van der Waals surface area contributed by atoms with Crippen LogP contribution in [0.4, 0.5) is 35.9 Å². The Morgan fingerprint density at radius 1 is 0.609 bits per heavy atom. The van der Waals surface area contributed by atoms with Crippen LogP contribution in [0, 0.1) is 0 Å². The normalized spacial score (nSPS) is 22.0. The summed E-state index contributed by atoms with van der Waals surface area (Å²) in [5.74, 6) is -11.4. The molecule has 3 aliphatic carbocycles. The van der Waals surface area contributed by atoms with E-state index in [-0.39, 0.29) is 0 Å². The maximum absolute atomic E-state index is 12.9. The van der Waals surface area contributed by atoms with Crippen molar-refractivity contribution in [3.63, 3.8) is 0 Å². The quantitative estimate of drug-likeness (QED) is 0.237. The second-order valence-corrected chi connectivity index (χ2v) is 13.7. The molecule has 0 atom stereocenters. The van der Waals surface area contributed by atoms with Crippen LogP contribution in [0.5, 0.6) is 0 Å². The molecule has 4 amide bonds. The summed E-state index contributed by atoms with van der Waals surface area (Å²) >= 11 is 0.